The van der Waals surface area contributed by atoms with Gasteiger partial charge in [-0.3, -0.25) is 0 Å². The Morgan fingerprint density at radius 3 is 3.00 bits per heavy atom. The fraction of sp³-hybridized carbons (Fsp3) is 0.375. The van der Waals surface area contributed by atoms with E-state index >= 15 is 0 Å². The molecule has 106 valence electrons. The van der Waals surface area contributed by atoms with Crippen LogP contribution >= 0.6 is 27.3 Å². The lowest BCUT2D eigenvalue weighted by Crippen LogP contribution is -2.21. The Kier molecular flexibility index (Phi) is 4.44. The van der Waals surface area contributed by atoms with Gasteiger partial charge >= 0.3 is 0 Å². The molecule has 0 aliphatic heterocycles. The number of hydrogen-bond donors (Lipinski definition) is 1. The lowest BCUT2D eigenvalue weighted by Gasteiger charge is -2.26. The summed E-state index contributed by atoms with van der Waals surface area (Å²) in [5.74, 6) is 1.05. The second-order valence-corrected chi connectivity index (χ2v) is 7.60. The van der Waals surface area contributed by atoms with Crippen molar-refractivity contribution in [2.24, 2.45) is 0 Å². The highest BCUT2D eigenvalue weighted by Gasteiger charge is 2.21. The molecule has 2 nitrogen and oxygen atoms in total. The molecule has 1 N–H and O–H groups in total. The molecule has 1 aliphatic carbocycles. The zero-order chi connectivity index (χ0) is 13.9. The van der Waals surface area contributed by atoms with Crippen LogP contribution < -0.4 is 10.1 Å². The number of halogens is 1. The molecule has 20 heavy (non-hydrogen) atoms. The van der Waals surface area contributed by atoms with Crippen molar-refractivity contribution in [1.82, 2.24) is 5.32 Å². The van der Waals surface area contributed by atoms with Gasteiger partial charge in [0.15, 0.2) is 0 Å². The molecule has 4 heteroatoms. The molecule has 0 saturated heterocycles. The van der Waals surface area contributed by atoms with Gasteiger partial charge in [0.25, 0.3) is 0 Å². The highest BCUT2D eigenvalue weighted by atomic mass is 79.9. The van der Waals surface area contributed by atoms with E-state index in [2.05, 4.69) is 51.6 Å². The number of fused-ring (bicyclic) bond motifs is 1. The normalized spacial score (nSPS) is 17.8. The third kappa shape index (κ3) is 2.92. The molecule has 0 bridgehead atoms. The zero-order valence-electron chi connectivity index (χ0n) is 11.5. The van der Waals surface area contributed by atoms with E-state index < -0.39 is 0 Å². The van der Waals surface area contributed by atoms with Crippen LogP contribution in [0, 0.1) is 0 Å². The molecule has 0 radical (unpaired) electrons. The molecular formula is C16H18BrNOS. The van der Waals surface area contributed by atoms with Gasteiger partial charge < -0.3 is 10.1 Å². The minimum absolute atomic E-state index is 0.471. The van der Waals surface area contributed by atoms with Gasteiger partial charge in [0.2, 0.25) is 0 Å². The third-order valence-corrected chi connectivity index (χ3v) is 5.41. The summed E-state index contributed by atoms with van der Waals surface area (Å²) in [5, 5.41) is 3.40. The van der Waals surface area contributed by atoms with Gasteiger partial charge in [-0.1, -0.05) is 12.1 Å². The molecule has 1 atom stereocenters. The van der Waals surface area contributed by atoms with E-state index in [1.807, 2.05) is 7.05 Å². The topological polar surface area (TPSA) is 21.3 Å². The Hall–Kier alpha value is -0.840. The summed E-state index contributed by atoms with van der Waals surface area (Å²) in [6, 6.07) is 11.1. The summed E-state index contributed by atoms with van der Waals surface area (Å²) < 4.78 is 7.21. The first-order chi connectivity index (χ1) is 9.78. The molecule has 3 rings (SSSR count). The van der Waals surface area contributed by atoms with E-state index in [-0.39, 0.29) is 0 Å². The van der Waals surface area contributed by atoms with E-state index in [0.717, 1.165) is 16.0 Å². The molecule has 1 aromatic carbocycles. The highest BCUT2D eigenvalue weighted by molar-refractivity contribution is 9.11. The van der Waals surface area contributed by atoms with Crippen molar-refractivity contribution in [1.29, 1.82) is 0 Å². The van der Waals surface area contributed by atoms with E-state index in [0.29, 0.717) is 12.6 Å². The first-order valence-electron chi connectivity index (χ1n) is 6.94. The van der Waals surface area contributed by atoms with Crippen molar-refractivity contribution in [2.75, 3.05) is 7.05 Å². The highest BCUT2D eigenvalue weighted by Crippen LogP contribution is 2.35. The molecule has 1 unspecified atom stereocenters. The number of rotatable bonds is 4. The molecule has 1 heterocycles. The first-order valence-corrected chi connectivity index (χ1v) is 8.55. The third-order valence-electron chi connectivity index (χ3n) is 3.81. The minimum atomic E-state index is 0.471. The quantitative estimate of drug-likeness (QED) is 0.862. The molecule has 1 aliphatic rings. The second kappa shape index (κ2) is 6.29. The summed E-state index contributed by atoms with van der Waals surface area (Å²) >= 11 is 5.22. The number of nitrogens with one attached hydrogen (secondary N) is 1. The Morgan fingerprint density at radius 1 is 1.35 bits per heavy atom. The van der Waals surface area contributed by atoms with E-state index in [1.54, 1.807) is 11.3 Å². The SMILES string of the molecule is CNC1CCCc2c(OCc3ccc(Br)s3)cccc21. The monoisotopic (exact) mass is 351 g/mol. The van der Waals surface area contributed by atoms with E-state index in [9.17, 15) is 0 Å². The Bertz CT molecular complexity index is 596. The van der Waals surface area contributed by atoms with Crippen molar-refractivity contribution < 1.29 is 4.74 Å². The van der Waals surface area contributed by atoms with Gasteiger partial charge in [0.1, 0.15) is 12.4 Å². The molecule has 0 spiro atoms. The van der Waals surface area contributed by atoms with Gasteiger partial charge in [-0.05, 0) is 71.6 Å². The fourth-order valence-electron chi connectivity index (χ4n) is 2.83. The maximum Gasteiger partial charge on any atom is 0.123 e. The number of ether oxygens (including phenoxy) is 1. The number of thiophene rings is 1. The summed E-state index contributed by atoms with van der Waals surface area (Å²) in [4.78, 5) is 1.25. The molecule has 0 fully saturated rings. The number of benzene rings is 1. The maximum atomic E-state index is 6.06. The average Bonchev–Trinajstić information content (AvgIpc) is 2.90. The van der Waals surface area contributed by atoms with Gasteiger partial charge in [-0.2, -0.15) is 0 Å². The second-order valence-electron chi connectivity index (χ2n) is 5.05. The summed E-state index contributed by atoms with van der Waals surface area (Å²) in [5.41, 5.74) is 2.79. The van der Waals surface area contributed by atoms with Crippen LogP contribution in [0.2, 0.25) is 0 Å². The maximum absolute atomic E-state index is 6.06. The van der Waals surface area contributed by atoms with Crippen LogP contribution in [0.1, 0.15) is 34.9 Å². The Balaban J connectivity index is 1.80. The van der Waals surface area contributed by atoms with E-state index in [1.165, 1.54) is 28.8 Å². The molecular weight excluding hydrogens is 334 g/mol. The zero-order valence-corrected chi connectivity index (χ0v) is 13.9. The van der Waals surface area contributed by atoms with Gasteiger partial charge in [0.05, 0.1) is 3.79 Å². The fourth-order valence-corrected chi connectivity index (χ4v) is 4.22. The average molecular weight is 352 g/mol. The van der Waals surface area contributed by atoms with Gasteiger partial charge in [0, 0.05) is 10.9 Å². The summed E-state index contributed by atoms with van der Waals surface area (Å²) in [6.45, 7) is 0.650. The largest absolute Gasteiger partial charge is 0.488 e. The lowest BCUT2D eigenvalue weighted by molar-refractivity contribution is 0.303. The smallest absolute Gasteiger partial charge is 0.123 e. The van der Waals surface area contributed by atoms with Crippen LogP contribution in [0.25, 0.3) is 0 Å². The van der Waals surface area contributed by atoms with Crippen molar-refractivity contribution in [3.63, 3.8) is 0 Å². The first kappa shape index (κ1) is 14.1. The van der Waals surface area contributed by atoms with Crippen LogP contribution in [0.15, 0.2) is 34.1 Å². The predicted octanol–water partition coefficient (Wildman–Crippen LogP) is 4.69. The molecule has 2 aromatic rings. The van der Waals surface area contributed by atoms with E-state index in [4.69, 9.17) is 4.74 Å². The van der Waals surface area contributed by atoms with Crippen molar-refractivity contribution in [2.45, 2.75) is 31.9 Å². The number of hydrogen-bond acceptors (Lipinski definition) is 3. The molecule has 1 aromatic heterocycles. The summed E-state index contributed by atoms with van der Waals surface area (Å²) in [6.07, 6.45) is 3.56. The van der Waals surface area contributed by atoms with Crippen LogP contribution in [0.3, 0.4) is 0 Å². The Labute approximate surface area is 132 Å². The molecule has 0 amide bonds. The predicted molar refractivity (Wildman–Crippen MR) is 87.5 cm³/mol. The lowest BCUT2D eigenvalue weighted by atomic mass is 9.87. The van der Waals surface area contributed by atoms with Crippen molar-refractivity contribution >= 4 is 27.3 Å². The minimum Gasteiger partial charge on any atom is -0.488 e. The van der Waals surface area contributed by atoms with Crippen molar-refractivity contribution in [3.8, 4) is 5.75 Å². The molecule has 0 saturated carbocycles. The van der Waals surface area contributed by atoms with Crippen LogP contribution in [0.5, 0.6) is 5.75 Å². The van der Waals surface area contributed by atoms with Crippen molar-refractivity contribution in [3.05, 3.63) is 50.1 Å². The van der Waals surface area contributed by atoms with Crippen LogP contribution in [-0.2, 0) is 13.0 Å². The van der Waals surface area contributed by atoms with Crippen LogP contribution in [-0.4, -0.2) is 7.05 Å². The van der Waals surface area contributed by atoms with Gasteiger partial charge in [-0.15, -0.1) is 11.3 Å². The standard InChI is InChI=1S/C16H18BrNOS/c1-18-14-6-2-5-13-12(14)4-3-7-15(13)19-10-11-8-9-16(17)20-11/h3-4,7-9,14,18H,2,5-6,10H2,1H3. The summed E-state index contributed by atoms with van der Waals surface area (Å²) in [7, 11) is 2.04. The van der Waals surface area contributed by atoms with Crippen LogP contribution in [0.4, 0.5) is 0 Å². The van der Waals surface area contributed by atoms with Gasteiger partial charge in [-0.25, -0.2) is 0 Å². The Morgan fingerprint density at radius 2 is 2.25 bits per heavy atom.